The number of esters is 1. The molecule has 57 heavy (non-hydrogen) atoms. The third-order valence-corrected chi connectivity index (χ3v) is 11.8. The van der Waals surface area contributed by atoms with Crippen LogP contribution in [0.15, 0.2) is 66.7 Å². The molecule has 2 aromatic carbocycles. The number of pyridine rings is 1. The van der Waals surface area contributed by atoms with Gasteiger partial charge >= 0.3 is 5.97 Å². The molecule has 1 unspecified atom stereocenters. The van der Waals surface area contributed by atoms with E-state index in [9.17, 15) is 27.9 Å². The lowest BCUT2D eigenvalue weighted by molar-refractivity contribution is -0.159. The highest BCUT2D eigenvalue weighted by Gasteiger charge is 2.60. The normalized spacial score (nSPS) is 26.2. The molecule has 1 aromatic heterocycles. The van der Waals surface area contributed by atoms with Crippen LogP contribution in [0.1, 0.15) is 85.0 Å². The largest absolute Gasteiger partial charge is 0.772 e. The number of nitrogens with two attached hydrogens (primary N) is 1. The maximum atomic E-state index is 14.5. The highest BCUT2D eigenvalue weighted by atomic mass is 32.2. The lowest BCUT2D eigenvalue weighted by atomic mass is 9.95. The van der Waals surface area contributed by atoms with Crippen LogP contribution in [-0.2, 0) is 35.0 Å². The fraction of sp³-hybridized carbons (Fsp3) is 0.512. The number of carbonyl (C=O) groups excluding carboxylic acids is 4. The molecule has 2 aliphatic heterocycles. The first-order valence-corrected chi connectivity index (χ1v) is 20.9. The number of carbonyl (C=O) groups is 4. The van der Waals surface area contributed by atoms with E-state index in [0.717, 1.165) is 49.5 Å². The number of nitrogens with zero attached hydrogens (tertiary/aromatic N) is 2. The first kappa shape index (κ1) is 41.8. The van der Waals surface area contributed by atoms with E-state index in [0.29, 0.717) is 35.6 Å². The number of allylic oxidation sites excluding steroid dienone is 1. The molecule has 1 saturated heterocycles. The molecular formula is C43H53N4O9S-. The zero-order chi connectivity index (χ0) is 40.9. The SMILES string of the molecule is COc1ccc2c(O[C@@H]3C[C@H]4C(=O)N[C@]5(C(N)=O)C[C@H]5/C=C\CCCCC[C@H](CC(=O)OC(C)(C)C)C(=O)N4C3)cc(-c3ccccc3)nc2c1.O=S([O-])C1CC1. The maximum absolute atomic E-state index is 14.5. The van der Waals surface area contributed by atoms with Gasteiger partial charge in [0.1, 0.15) is 34.8 Å². The number of primary amides is 1. The van der Waals surface area contributed by atoms with Gasteiger partial charge in [-0.05, 0) is 71.4 Å². The Bertz CT molecular complexity index is 2010. The number of hydrogen-bond acceptors (Lipinski definition) is 10. The number of aromatic nitrogens is 1. The Kier molecular flexibility index (Phi) is 13.0. The summed E-state index contributed by atoms with van der Waals surface area (Å²) < 4.78 is 37.3. The van der Waals surface area contributed by atoms with Crippen LogP contribution in [0.2, 0.25) is 0 Å². The van der Waals surface area contributed by atoms with E-state index in [1.165, 1.54) is 4.90 Å². The number of amides is 3. The van der Waals surface area contributed by atoms with Gasteiger partial charge < -0.3 is 34.7 Å². The van der Waals surface area contributed by atoms with Crippen LogP contribution in [0.25, 0.3) is 22.2 Å². The fourth-order valence-electron chi connectivity index (χ4n) is 7.51. The minimum absolute atomic E-state index is 0.0185. The Balaban J connectivity index is 0.000000837. The molecule has 0 spiro atoms. The monoisotopic (exact) mass is 801 g/mol. The van der Waals surface area contributed by atoms with Crippen LogP contribution in [-0.4, -0.2) is 84.5 Å². The molecule has 4 aliphatic rings. The molecule has 2 saturated carbocycles. The fourth-order valence-corrected chi connectivity index (χ4v) is 8.03. The molecule has 0 bridgehead atoms. The van der Waals surface area contributed by atoms with Gasteiger partial charge in [0.2, 0.25) is 17.7 Å². The molecule has 3 heterocycles. The lowest BCUT2D eigenvalue weighted by Gasteiger charge is -2.29. The van der Waals surface area contributed by atoms with Crippen molar-refractivity contribution in [2.24, 2.45) is 17.6 Å². The van der Waals surface area contributed by atoms with Crippen LogP contribution in [0.4, 0.5) is 0 Å². The molecule has 0 radical (unpaired) electrons. The Morgan fingerprint density at radius 1 is 1.05 bits per heavy atom. The van der Waals surface area contributed by atoms with Crippen molar-refractivity contribution in [2.45, 2.75) is 114 Å². The van der Waals surface area contributed by atoms with Gasteiger partial charge in [0.15, 0.2) is 0 Å². The number of hydrogen-bond donors (Lipinski definition) is 2. The van der Waals surface area contributed by atoms with Gasteiger partial charge in [0, 0.05) is 46.6 Å². The molecule has 306 valence electrons. The molecule has 7 rings (SSSR count). The summed E-state index contributed by atoms with van der Waals surface area (Å²) in [6.07, 6.45) is 9.44. The summed E-state index contributed by atoms with van der Waals surface area (Å²) in [5.41, 5.74) is 6.21. The van der Waals surface area contributed by atoms with E-state index >= 15 is 0 Å². The summed E-state index contributed by atoms with van der Waals surface area (Å²) >= 11 is -1.76. The molecule has 14 heteroatoms. The third kappa shape index (κ3) is 10.6. The second kappa shape index (κ2) is 17.8. The molecular weight excluding hydrogens is 749 g/mol. The minimum atomic E-state index is -1.76. The number of benzene rings is 2. The summed E-state index contributed by atoms with van der Waals surface area (Å²) in [5.74, 6) is -1.55. The van der Waals surface area contributed by atoms with Gasteiger partial charge in [-0.15, -0.1) is 0 Å². The van der Waals surface area contributed by atoms with Crippen LogP contribution in [0.5, 0.6) is 11.5 Å². The van der Waals surface area contributed by atoms with Crippen molar-refractivity contribution in [1.82, 2.24) is 15.2 Å². The lowest BCUT2D eigenvalue weighted by Crippen LogP contribution is -2.55. The number of methoxy groups -OCH3 is 1. The quantitative estimate of drug-likeness (QED) is 0.167. The summed E-state index contributed by atoms with van der Waals surface area (Å²) in [6.45, 7) is 5.49. The Morgan fingerprint density at radius 2 is 1.81 bits per heavy atom. The zero-order valence-electron chi connectivity index (χ0n) is 33.1. The van der Waals surface area contributed by atoms with Crippen molar-refractivity contribution in [1.29, 1.82) is 0 Å². The van der Waals surface area contributed by atoms with Gasteiger partial charge in [-0.2, -0.15) is 0 Å². The molecule has 3 N–H and O–H groups in total. The van der Waals surface area contributed by atoms with Crippen LogP contribution in [0.3, 0.4) is 0 Å². The van der Waals surface area contributed by atoms with E-state index in [4.69, 9.17) is 24.9 Å². The van der Waals surface area contributed by atoms with Crippen LogP contribution < -0.4 is 20.5 Å². The smallest absolute Gasteiger partial charge is 0.307 e. The van der Waals surface area contributed by atoms with Crippen molar-refractivity contribution in [3.63, 3.8) is 0 Å². The standard InChI is InChI=1S/C40H48N4O7.C3H6O2S/c1-39(2,3)51-35(45)19-26-15-9-6-5-7-12-16-27-23-40(27,38(41)48)43-36(46)33-21-29(24-44(33)37(26)47)50-34-22-31(25-13-10-8-11-14-25)42-32-20-28(49-4)17-18-30(32)34;4-6(5)3-1-2-3/h8,10-14,16-18,20,22,26-27,29,33H,5-7,9,15,19,21,23-24H2,1-4H3,(H2,41,48)(H,43,46);3H,1-2H2,(H,4,5)/p-1/b16-12-;/t26-,27-,29-,33+,40-;/m1./s1. The molecule has 6 atom stereocenters. The average molecular weight is 802 g/mol. The second-order valence-corrected chi connectivity index (χ2v) is 17.6. The first-order valence-electron chi connectivity index (χ1n) is 19.8. The molecule has 3 fully saturated rings. The first-order chi connectivity index (χ1) is 27.2. The highest BCUT2D eigenvalue weighted by molar-refractivity contribution is 7.80. The summed E-state index contributed by atoms with van der Waals surface area (Å²) in [4.78, 5) is 60.9. The van der Waals surface area contributed by atoms with Crippen molar-refractivity contribution in [3.05, 3.63) is 66.7 Å². The van der Waals surface area contributed by atoms with E-state index < -0.39 is 58.1 Å². The van der Waals surface area contributed by atoms with Crippen molar-refractivity contribution in [3.8, 4) is 22.8 Å². The van der Waals surface area contributed by atoms with Crippen molar-refractivity contribution < 1.29 is 42.2 Å². The van der Waals surface area contributed by atoms with E-state index in [2.05, 4.69) is 5.32 Å². The van der Waals surface area contributed by atoms with Crippen LogP contribution in [0, 0.1) is 11.8 Å². The predicted molar refractivity (Wildman–Crippen MR) is 215 cm³/mol. The van der Waals surface area contributed by atoms with E-state index in [-0.39, 0.29) is 36.5 Å². The second-order valence-electron chi connectivity index (χ2n) is 16.4. The summed E-state index contributed by atoms with van der Waals surface area (Å²) in [6, 6.07) is 16.2. The summed E-state index contributed by atoms with van der Waals surface area (Å²) in [7, 11) is 1.60. The number of ether oxygens (including phenoxy) is 3. The molecule has 3 aromatic rings. The minimum Gasteiger partial charge on any atom is -0.772 e. The number of nitrogens with one attached hydrogen (secondary N) is 1. The highest BCUT2D eigenvalue weighted by Crippen LogP contribution is 2.45. The van der Waals surface area contributed by atoms with Gasteiger partial charge in [-0.3, -0.25) is 23.4 Å². The van der Waals surface area contributed by atoms with E-state index in [1.807, 2.05) is 66.7 Å². The van der Waals surface area contributed by atoms with Gasteiger partial charge in [-0.25, -0.2) is 4.98 Å². The summed E-state index contributed by atoms with van der Waals surface area (Å²) in [5, 5.41) is 3.71. The van der Waals surface area contributed by atoms with Crippen molar-refractivity contribution >= 4 is 45.7 Å². The van der Waals surface area contributed by atoms with Crippen molar-refractivity contribution in [2.75, 3.05) is 13.7 Å². The molecule has 2 aliphatic carbocycles. The molecule has 3 amide bonds. The number of fused-ring (bicyclic) bond motifs is 3. The maximum Gasteiger partial charge on any atom is 0.307 e. The van der Waals surface area contributed by atoms with Gasteiger partial charge in [0.25, 0.3) is 0 Å². The Morgan fingerprint density at radius 3 is 2.46 bits per heavy atom. The number of rotatable bonds is 8. The van der Waals surface area contributed by atoms with Crippen LogP contribution >= 0.6 is 0 Å². The Hall–Kier alpha value is -4.82. The zero-order valence-corrected chi connectivity index (χ0v) is 33.9. The van der Waals surface area contributed by atoms with Gasteiger partial charge in [0.05, 0.1) is 31.3 Å². The predicted octanol–water partition coefficient (Wildman–Crippen LogP) is 5.52. The molecule has 13 nitrogen and oxygen atoms in total. The Labute approximate surface area is 336 Å². The third-order valence-electron chi connectivity index (χ3n) is 10.8. The van der Waals surface area contributed by atoms with Gasteiger partial charge in [-0.1, -0.05) is 66.4 Å². The topological polar surface area (TPSA) is 190 Å². The average Bonchev–Trinajstić information content (AvgIpc) is 4.10. The van der Waals surface area contributed by atoms with E-state index in [1.54, 1.807) is 27.9 Å².